The first-order valence-electron chi connectivity index (χ1n) is 14.2. The minimum atomic E-state index is -0.507. The molecule has 2 fully saturated rings. The fourth-order valence-corrected chi connectivity index (χ4v) is 6.29. The first kappa shape index (κ1) is 27.5. The van der Waals surface area contributed by atoms with Gasteiger partial charge in [-0.15, -0.1) is 21.5 Å². The van der Waals surface area contributed by atoms with E-state index in [1.807, 2.05) is 37.2 Å². The average molecular weight is 577 g/mol. The van der Waals surface area contributed by atoms with Crippen LogP contribution in [0.3, 0.4) is 0 Å². The number of amides is 1. The molecule has 2 saturated heterocycles. The summed E-state index contributed by atoms with van der Waals surface area (Å²) in [6, 6.07) is 4.14. The average Bonchev–Trinajstić information content (AvgIpc) is 3.74. The lowest BCUT2D eigenvalue weighted by atomic mass is 10.0. The molecule has 11 nitrogen and oxygen atoms in total. The van der Waals surface area contributed by atoms with Crippen LogP contribution in [-0.4, -0.2) is 79.8 Å². The van der Waals surface area contributed by atoms with Gasteiger partial charge in [-0.3, -0.25) is 0 Å². The van der Waals surface area contributed by atoms with Gasteiger partial charge in [0.05, 0.1) is 28.1 Å². The number of anilines is 1. The van der Waals surface area contributed by atoms with Crippen molar-refractivity contribution in [2.24, 2.45) is 5.92 Å². The molecule has 3 aromatic heterocycles. The van der Waals surface area contributed by atoms with Gasteiger partial charge in [0.2, 0.25) is 5.95 Å². The molecule has 0 radical (unpaired) electrons. The molecule has 0 bridgehead atoms. The number of thiazole rings is 1. The number of aromatic nitrogens is 6. The maximum absolute atomic E-state index is 12.4. The molecule has 12 heteroatoms. The van der Waals surface area contributed by atoms with Crippen LogP contribution in [0.25, 0.3) is 32.6 Å². The second kappa shape index (κ2) is 11.3. The largest absolute Gasteiger partial charge is 0.444 e. The van der Waals surface area contributed by atoms with Crippen LogP contribution < -0.4 is 4.90 Å². The third-order valence-corrected chi connectivity index (χ3v) is 8.34. The van der Waals surface area contributed by atoms with Crippen molar-refractivity contribution in [3.8, 4) is 22.4 Å². The van der Waals surface area contributed by atoms with Crippen LogP contribution in [0, 0.1) is 5.92 Å². The highest BCUT2D eigenvalue weighted by molar-refractivity contribution is 7.17. The zero-order chi connectivity index (χ0) is 28.6. The Kier molecular flexibility index (Phi) is 7.60. The van der Waals surface area contributed by atoms with Crippen LogP contribution >= 0.6 is 11.3 Å². The molecule has 2 aliphatic heterocycles. The van der Waals surface area contributed by atoms with Gasteiger partial charge in [0.25, 0.3) is 0 Å². The van der Waals surface area contributed by atoms with Gasteiger partial charge in [0.1, 0.15) is 17.5 Å². The van der Waals surface area contributed by atoms with Gasteiger partial charge in [-0.1, -0.05) is 12.1 Å². The lowest BCUT2D eigenvalue weighted by Gasteiger charge is -2.26. The predicted molar refractivity (Wildman–Crippen MR) is 158 cm³/mol. The summed E-state index contributed by atoms with van der Waals surface area (Å²) >= 11 is 1.58. The minimum absolute atomic E-state index is 0.000618. The smallest absolute Gasteiger partial charge is 0.410 e. The van der Waals surface area contributed by atoms with E-state index in [0.717, 1.165) is 72.3 Å². The third kappa shape index (κ3) is 6.03. The molecule has 0 N–H and O–H groups in total. The normalized spacial score (nSPS) is 19.6. The molecule has 1 amide bonds. The van der Waals surface area contributed by atoms with E-state index < -0.39 is 5.60 Å². The number of carbonyl (C=O) groups is 1. The molecule has 2 aliphatic rings. The molecule has 0 aliphatic carbocycles. The van der Waals surface area contributed by atoms with Gasteiger partial charge in [-0.05, 0) is 52.4 Å². The Morgan fingerprint density at radius 2 is 2.00 bits per heavy atom. The van der Waals surface area contributed by atoms with Gasteiger partial charge in [0, 0.05) is 56.2 Å². The van der Waals surface area contributed by atoms with E-state index in [1.54, 1.807) is 29.5 Å². The van der Waals surface area contributed by atoms with Crippen LogP contribution in [0.2, 0.25) is 0 Å². The van der Waals surface area contributed by atoms with Crippen molar-refractivity contribution in [3.05, 3.63) is 36.2 Å². The Balaban J connectivity index is 1.14. The Morgan fingerprint density at radius 3 is 2.76 bits per heavy atom. The van der Waals surface area contributed by atoms with Crippen molar-refractivity contribution >= 4 is 33.6 Å². The summed E-state index contributed by atoms with van der Waals surface area (Å²) in [5.74, 6) is 0.917. The molecular weight excluding hydrogens is 540 g/mol. The summed E-state index contributed by atoms with van der Waals surface area (Å²) in [5, 5.41) is 13.6. The Bertz CT molecular complexity index is 1510. The van der Waals surface area contributed by atoms with Gasteiger partial charge < -0.3 is 19.3 Å². The summed E-state index contributed by atoms with van der Waals surface area (Å²) < 4.78 is 14.3. The van der Waals surface area contributed by atoms with Gasteiger partial charge in [0.15, 0.2) is 0 Å². The van der Waals surface area contributed by atoms with Crippen LogP contribution in [0.4, 0.5) is 10.7 Å². The molecule has 6 rings (SSSR count). The van der Waals surface area contributed by atoms with E-state index in [4.69, 9.17) is 9.47 Å². The zero-order valence-corrected chi connectivity index (χ0v) is 24.8. The SMILES string of the molecule is CN(CC1CCN(c2ncc(-c3ccc(-c4cnn(C5CCCCO5)c4)c4ncsc34)nn2)C1)C(=O)OC(C)(C)C. The fourth-order valence-electron chi connectivity index (χ4n) is 5.45. The predicted octanol–water partition coefficient (Wildman–Crippen LogP) is 5.40. The monoisotopic (exact) mass is 576 g/mol. The molecule has 0 spiro atoms. The van der Waals surface area contributed by atoms with Gasteiger partial charge >= 0.3 is 6.09 Å². The molecule has 41 heavy (non-hydrogen) atoms. The number of fused-ring (bicyclic) bond motifs is 1. The molecule has 2 atom stereocenters. The van der Waals surface area contributed by atoms with Crippen LogP contribution in [0.1, 0.15) is 52.7 Å². The standard InChI is InChI=1S/C29H36N8O3S/c1-29(2,3)40-28(38)35(4)15-19-10-11-36(16-19)27-30-14-23(33-34-27)22-9-8-21(25-26(22)41-18-31-25)20-13-32-37(17-20)24-7-5-6-12-39-24/h8-9,13-14,17-19,24H,5-7,10-12,15-16H2,1-4H3. The quantitative estimate of drug-likeness (QED) is 0.298. The van der Waals surface area contributed by atoms with Crippen molar-refractivity contribution in [2.75, 3.05) is 38.2 Å². The van der Waals surface area contributed by atoms with Crippen molar-refractivity contribution in [1.82, 2.24) is 34.8 Å². The molecule has 0 saturated carbocycles. The highest BCUT2D eigenvalue weighted by atomic mass is 32.1. The molecule has 2 unspecified atom stereocenters. The molecule has 5 heterocycles. The third-order valence-electron chi connectivity index (χ3n) is 7.48. The van der Waals surface area contributed by atoms with E-state index >= 15 is 0 Å². The zero-order valence-electron chi connectivity index (χ0n) is 24.0. The number of rotatable bonds is 6. The molecule has 4 aromatic rings. The summed E-state index contributed by atoms with van der Waals surface area (Å²) in [5.41, 5.74) is 5.98. The van der Waals surface area contributed by atoms with Gasteiger partial charge in [-0.2, -0.15) is 5.10 Å². The second-order valence-electron chi connectivity index (χ2n) is 11.8. The van der Waals surface area contributed by atoms with E-state index in [0.29, 0.717) is 24.1 Å². The van der Waals surface area contributed by atoms with E-state index in [1.165, 1.54) is 0 Å². The number of nitrogens with zero attached hydrogens (tertiary/aromatic N) is 8. The number of hydrogen-bond acceptors (Lipinski definition) is 10. The topological polar surface area (TPSA) is 111 Å². The maximum Gasteiger partial charge on any atom is 0.410 e. The maximum atomic E-state index is 12.4. The van der Waals surface area contributed by atoms with Crippen LogP contribution in [0.5, 0.6) is 0 Å². The lowest BCUT2D eigenvalue weighted by molar-refractivity contribution is -0.0394. The highest BCUT2D eigenvalue weighted by Crippen LogP contribution is 2.37. The lowest BCUT2D eigenvalue weighted by Crippen LogP contribution is -2.37. The minimum Gasteiger partial charge on any atom is -0.444 e. The molecule has 216 valence electrons. The van der Waals surface area contributed by atoms with E-state index in [9.17, 15) is 4.79 Å². The van der Waals surface area contributed by atoms with Crippen molar-refractivity contribution in [1.29, 1.82) is 0 Å². The van der Waals surface area contributed by atoms with Gasteiger partial charge in [-0.25, -0.2) is 19.4 Å². The van der Waals surface area contributed by atoms with Crippen molar-refractivity contribution < 1.29 is 14.3 Å². The summed E-state index contributed by atoms with van der Waals surface area (Å²) in [4.78, 5) is 25.5. The first-order valence-corrected chi connectivity index (χ1v) is 15.0. The summed E-state index contributed by atoms with van der Waals surface area (Å²) in [6.45, 7) is 8.62. The first-order chi connectivity index (χ1) is 19.7. The van der Waals surface area contributed by atoms with Crippen molar-refractivity contribution in [2.45, 2.75) is 58.3 Å². The Labute approximate surface area is 243 Å². The van der Waals surface area contributed by atoms with E-state index in [-0.39, 0.29) is 12.3 Å². The molecule has 1 aromatic carbocycles. The summed E-state index contributed by atoms with van der Waals surface area (Å²) in [7, 11) is 1.78. The molecular formula is C29H36N8O3S. The fraction of sp³-hybridized carbons (Fsp3) is 0.517. The number of benzene rings is 1. The second-order valence-corrected chi connectivity index (χ2v) is 12.7. The van der Waals surface area contributed by atoms with Crippen molar-refractivity contribution in [3.63, 3.8) is 0 Å². The number of ether oxygens (including phenoxy) is 2. The van der Waals surface area contributed by atoms with Crippen LogP contribution in [-0.2, 0) is 9.47 Å². The summed E-state index contributed by atoms with van der Waals surface area (Å²) in [6.07, 6.45) is 9.61. The Morgan fingerprint density at radius 1 is 1.15 bits per heavy atom. The van der Waals surface area contributed by atoms with Crippen LogP contribution in [0.15, 0.2) is 36.2 Å². The van der Waals surface area contributed by atoms with E-state index in [2.05, 4.69) is 48.5 Å². The number of carbonyl (C=O) groups excluding carboxylic acids is 1. The highest BCUT2D eigenvalue weighted by Gasteiger charge is 2.28. The number of hydrogen-bond donors (Lipinski definition) is 0. The Hall–Kier alpha value is -3.64.